The molecule has 1 aliphatic carbocycles. The molecule has 1 aliphatic heterocycles. The molecule has 2 aliphatic rings. The molecule has 2 unspecified atom stereocenters. The van der Waals surface area contributed by atoms with Crippen LogP contribution in [-0.2, 0) is 10.0 Å². The molecular weight excluding hydrogens is 286 g/mol. The fraction of sp³-hybridized carbons (Fsp3) is 0.533. The molecule has 2 atom stereocenters. The lowest BCUT2D eigenvalue weighted by Gasteiger charge is -2.28. The van der Waals surface area contributed by atoms with Crippen LogP contribution in [0.3, 0.4) is 0 Å². The van der Waals surface area contributed by atoms with Gasteiger partial charge in [0.1, 0.15) is 4.90 Å². The van der Waals surface area contributed by atoms with E-state index in [0.717, 1.165) is 24.8 Å². The molecule has 1 saturated carbocycles. The number of benzene rings is 1. The fourth-order valence-corrected chi connectivity index (χ4v) is 4.22. The van der Waals surface area contributed by atoms with Crippen molar-refractivity contribution < 1.29 is 8.42 Å². The number of nitrogens with zero attached hydrogens (tertiary/aromatic N) is 1. The highest BCUT2D eigenvalue weighted by Crippen LogP contribution is 2.29. The van der Waals surface area contributed by atoms with Gasteiger partial charge in [0.15, 0.2) is 0 Å². The highest BCUT2D eigenvalue weighted by molar-refractivity contribution is 7.90. The summed E-state index contributed by atoms with van der Waals surface area (Å²) in [6, 6.07) is 5.55. The molecule has 5 nitrogen and oxygen atoms in total. The van der Waals surface area contributed by atoms with Gasteiger partial charge in [0.2, 0.25) is 5.96 Å². The second-order valence-electron chi connectivity index (χ2n) is 6.04. The Hall–Kier alpha value is -1.56. The van der Waals surface area contributed by atoms with E-state index in [2.05, 4.69) is 22.0 Å². The lowest BCUT2D eigenvalue weighted by Crippen LogP contribution is -2.42. The summed E-state index contributed by atoms with van der Waals surface area (Å²) in [6.07, 6.45) is 4.58. The van der Waals surface area contributed by atoms with Gasteiger partial charge in [-0.15, -0.1) is 0 Å². The molecular formula is C15H21N3O2S. The van der Waals surface area contributed by atoms with Gasteiger partial charge in [-0.1, -0.05) is 25.8 Å². The second-order valence-corrected chi connectivity index (χ2v) is 7.69. The van der Waals surface area contributed by atoms with E-state index in [0.29, 0.717) is 17.6 Å². The van der Waals surface area contributed by atoms with Gasteiger partial charge >= 0.3 is 0 Å². The first-order chi connectivity index (χ1) is 9.95. The zero-order chi connectivity index (χ0) is 15.0. The van der Waals surface area contributed by atoms with E-state index in [1.807, 2.05) is 13.0 Å². The smallest absolute Gasteiger partial charge is 0.266 e. The van der Waals surface area contributed by atoms with Crippen LogP contribution < -0.4 is 10.0 Å². The lowest BCUT2D eigenvalue weighted by molar-refractivity contribution is 0.332. The molecule has 1 fully saturated rings. The molecule has 0 amide bonds. The van der Waals surface area contributed by atoms with Crippen LogP contribution in [0.25, 0.3) is 0 Å². The number of anilines is 1. The average molecular weight is 307 g/mol. The van der Waals surface area contributed by atoms with Crippen molar-refractivity contribution in [3.05, 3.63) is 23.8 Å². The number of aryl methyl sites for hydroxylation is 1. The van der Waals surface area contributed by atoms with Crippen molar-refractivity contribution in [1.29, 1.82) is 0 Å². The molecule has 0 spiro atoms. The highest BCUT2D eigenvalue weighted by Gasteiger charge is 2.28. The third-order valence-corrected chi connectivity index (χ3v) is 5.65. The Kier molecular flexibility index (Phi) is 3.65. The summed E-state index contributed by atoms with van der Waals surface area (Å²) >= 11 is 0. The standard InChI is InChI=1S/C15H21N3O2S/c1-10-7-8-13-14(9-10)21(19,20)18-15(17-13)16-12-6-4-3-5-11(12)2/h7-9,11-12H,3-6H2,1-2H3,(H2,16,17,18). The van der Waals surface area contributed by atoms with Gasteiger partial charge in [-0.05, 0) is 43.4 Å². The summed E-state index contributed by atoms with van der Waals surface area (Å²) in [5.74, 6) is 0.849. The van der Waals surface area contributed by atoms with E-state index in [1.165, 1.54) is 6.42 Å². The van der Waals surface area contributed by atoms with Crippen molar-refractivity contribution in [3.63, 3.8) is 0 Å². The summed E-state index contributed by atoms with van der Waals surface area (Å²) in [7, 11) is -3.53. The van der Waals surface area contributed by atoms with Gasteiger partial charge in [0.25, 0.3) is 10.0 Å². The van der Waals surface area contributed by atoms with Gasteiger partial charge < -0.3 is 5.32 Å². The third-order valence-electron chi connectivity index (χ3n) is 4.27. The Bertz CT molecular complexity index is 682. The van der Waals surface area contributed by atoms with E-state index in [4.69, 9.17) is 0 Å². The van der Waals surface area contributed by atoms with Crippen LogP contribution in [-0.4, -0.2) is 20.4 Å². The molecule has 1 aromatic carbocycles. The van der Waals surface area contributed by atoms with E-state index >= 15 is 0 Å². The van der Waals surface area contributed by atoms with Crippen molar-refractivity contribution in [2.45, 2.75) is 50.5 Å². The van der Waals surface area contributed by atoms with Crippen LogP contribution in [0.5, 0.6) is 0 Å². The Morgan fingerprint density at radius 3 is 2.76 bits per heavy atom. The van der Waals surface area contributed by atoms with Crippen LogP contribution in [0.15, 0.2) is 28.1 Å². The van der Waals surface area contributed by atoms with Crippen LogP contribution in [0, 0.1) is 12.8 Å². The monoisotopic (exact) mass is 307 g/mol. The number of fused-ring (bicyclic) bond motifs is 1. The van der Waals surface area contributed by atoms with Gasteiger partial charge in [-0.2, -0.15) is 0 Å². The first-order valence-electron chi connectivity index (χ1n) is 7.44. The summed E-state index contributed by atoms with van der Waals surface area (Å²) in [6.45, 7) is 4.06. The van der Waals surface area contributed by atoms with Crippen LogP contribution in [0.2, 0.25) is 0 Å². The van der Waals surface area contributed by atoms with Crippen molar-refractivity contribution >= 4 is 21.7 Å². The topological polar surface area (TPSA) is 70.6 Å². The minimum absolute atomic E-state index is 0.191. The fourth-order valence-electron chi connectivity index (χ4n) is 3.00. The van der Waals surface area contributed by atoms with Gasteiger partial charge in [0, 0.05) is 0 Å². The molecule has 2 N–H and O–H groups in total. The molecule has 6 heteroatoms. The van der Waals surface area contributed by atoms with Crippen LogP contribution >= 0.6 is 0 Å². The third kappa shape index (κ3) is 2.90. The van der Waals surface area contributed by atoms with Gasteiger partial charge in [-0.25, -0.2) is 18.1 Å². The molecule has 0 saturated heterocycles. The number of hydrogen-bond donors (Lipinski definition) is 2. The summed E-state index contributed by atoms with van der Waals surface area (Å²) in [5.41, 5.74) is 1.52. The molecule has 0 bridgehead atoms. The Morgan fingerprint density at radius 1 is 1.24 bits per heavy atom. The normalized spacial score (nSPS) is 29.3. The van der Waals surface area contributed by atoms with Gasteiger partial charge in [0.05, 0.1) is 11.7 Å². The molecule has 3 rings (SSSR count). The lowest BCUT2D eigenvalue weighted by atomic mass is 9.86. The van der Waals surface area contributed by atoms with Crippen molar-refractivity contribution in [2.24, 2.45) is 10.9 Å². The summed E-state index contributed by atoms with van der Waals surface area (Å²) in [4.78, 5) is 4.90. The number of hydrogen-bond acceptors (Lipinski definition) is 3. The maximum Gasteiger partial charge on any atom is 0.266 e. The number of nitrogens with one attached hydrogen (secondary N) is 2. The zero-order valence-electron chi connectivity index (χ0n) is 12.4. The quantitative estimate of drug-likeness (QED) is 0.838. The number of aliphatic imine (C=N–C) groups is 1. The molecule has 114 valence electrons. The number of guanidine groups is 1. The number of rotatable bonds is 1. The Balaban J connectivity index is 1.92. The van der Waals surface area contributed by atoms with Crippen molar-refractivity contribution in [2.75, 3.05) is 5.32 Å². The second kappa shape index (κ2) is 5.33. The number of sulfonamides is 1. The summed E-state index contributed by atoms with van der Waals surface area (Å²) in [5, 5.41) is 3.11. The molecule has 1 heterocycles. The van der Waals surface area contributed by atoms with E-state index in [1.54, 1.807) is 12.1 Å². The predicted octanol–water partition coefficient (Wildman–Crippen LogP) is 2.63. The zero-order valence-corrected chi connectivity index (χ0v) is 13.2. The Labute approximate surface area is 125 Å². The van der Waals surface area contributed by atoms with Crippen LogP contribution in [0.1, 0.15) is 38.2 Å². The van der Waals surface area contributed by atoms with Crippen LogP contribution in [0.4, 0.5) is 5.69 Å². The Morgan fingerprint density at radius 2 is 2.00 bits per heavy atom. The van der Waals surface area contributed by atoms with E-state index in [9.17, 15) is 8.42 Å². The predicted molar refractivity (Wildman–Crippen MR) is 84.0 cm³/mol. The summed E-state index contributed by atoms with van der Waals surface area (Å²) < 4.78 is 27.2. The first kappa shape index (κ1) is 14.4. The SMILES string of the molecule is Cc1ccc2c(c1)S(=O)(=O)NC(=NC1CCCCC1C)N2. The van der Waals surface area contributed by atoms with E-state index in [-0.39, 0.29) is 10.9 Å². The van der Waals surface area contributed by atoms with Gasteiger partial charge in [-0.3, -0.25) is 0 Å². The largest absolute Gasteiger partial charge is 0.324 e. The van der Waals surface area contributed by atoms with Crippen molar-refractivity contribution in [1.82, 2.24) is 4.72 Å². The van der Waals surface area contributed by atoms with E-state index < -0.39 is 10.0 Å². The molecule has 0 aromatic heterocycles. The highest BCUT2D eigenvalue weighted by atomic mass is 32.2. The molecule has 1 aromatic rings. The minimum Gasteiger partial charge on any atom is -0.324 e. The maximum atomic E-state index is 12.3. The van der Waals surface area contributed by atoms with Crippen molar-refractivity contribution in [3.8, 4) is 0 Å². The maximum absolute atomic E-state index is 12.3. The molecule has 0 radical (unpaired) electrons. The minimum atomic E-state index is -3.53. The average Bonchev–Trinajstić information content (AvgIpc) is 2.42. The first-order valence-corrected chi connectivity index (χ1v) is 8.92. The molecule has 21 heavy (non-hydrogen) atoms.